The van der Waals surface area contributed by atoms with Crippen LogP contribution in [0.4, 0.5) is 5.69 Å². The minimum atomic E-state index is -3.23. The Bertz CT molecular complexity index is 997. The highest BCUT2D eigenvalue weighted by atomic mass is 35.5. The number of ether oxygens (including phenoxy) is 1. The van der Waals surface area contributed by atoms with E-state index in [1.807, 2.05) is 35.2 Å². The lowest BCUT2D eigenvalue weighted by molar-refractivity contribution is -0.123. The van der Waals surface area contributed by atoms with Gasteiger partial charge in [0.2, 0.25) is 5.91 Å². The van der Waals surface area contributed by atoms with Gasteiger partial charge in [0, 0.05) is 18.3 Å². The summed E-state index contributed by atoms with van der Waals surface area (Å²) in [4.78, 5) is 16.6. The van der Waals surface area contributed by atoms with Gasteiger partial charge in [-0.3, -0.25) is 9.69 Å². The fraction of sp³-hybridized carbons (Fsp3) is 0.350. The third-order valence-corrected chi connectivity index (χ3v) is 7.34. The molecule has 28 heavy (non-hydrogen) atoms. The summed E-state index contributed by atoms with van der Waals surface area (Å²) in [5.74, 6) is 0.392. The van der Waals surface area contributed by atoms with E-state index in [0.717, 1.165) is 5.56 Å². The molecule has 1 amide bonds. The largest absolute Gasteiger partial charge is 0.495 e. The van der Waals surface area contributed by atoms with E-state index in [1.165, 1.54) is 7.11 Å². The van der Waals surface area contributed by atoms with Crippen LogP contribution < -0.4 is 9.64 Å². The van der Waals surface area contributed by atoms with Crippen LogP contribution in [-0.4, -0.2) is 56.5 Å². The smallest absolute Gasteiger partial charge is 0.241 e. The van der Waals surface area contributed by atoms with Crippen LogP contribution in [0.2, 0.25) is 5.02 Å². The third-order valence-electron chi connectivity index (χ3n) is 5.34. The molecule has 2 aliphatic rings. The van der Waals surface area contributed by atoms with Gasteiger partial charge in [-0.25, -0.2) is 8.42 Å². The van der Waals surface area contributed by atoms with E-state index >= 15 is 0 Å². The number of amides is 1. The Morgan fingerprint density at radius 1 is 1.11 bits per heavy atom. The van der Waals surface area contributed by atoms with Crippen molar-refractivity contribution in [1.29, 1.82) is 0 Å². The molecule has 2 fully saturated rings. The number of halogens is 1. The molecule has 0 N–H and O–H groups in total. The third kappa shape index (κ3) is 3.62. The van der Waals surface area contributed by atoms with E-state index in [4.69, 9.17) is 16.3 Å². The number of anilines is 1. The van der Waals surface area contributed by atoms with Crippen molar-refractivity contribution in [2.75, 3.05) is 30.1 Å². The molecule has 2 aromatic carbocycles. The summed E-state index contributed by atoms with van der Waals surface area (Å²) >= 11 is 6.24. The van der Waals surface area contributed by atoms with Crippen molar-refractivity contribution in [3.8, 4) is 5.75 Å². The molecule has 4 rings (SSSR count). The maximum atomic E-state index is 13.0. The van der Waals surface area contributed by atoms with Gasteiger partial charge in [-0.15, -0.1) is 0 Å². The van der Waals surface area contributed by atoms with Crippen molar-refractivity contribution in [2.45, 2.75) is 18.6 Å². The zero-order valence-electron chi connectivity index (χ0n) is 15.4. The quantitative estimate of drug-likeness (QED) is 0.759. The summed E-state index contributed by atoms with van der Waals surface area (Å²) in [6, 6.07) is 14.2. The predicted molar refractivity (Wildman–Crippen MR) is 109 cm³/mol. The number of fused-ring (bicyclic) bond motifs is 1. The number of methoxy groups -OCH3 is 1. The lowest BCUT2D eigenvalue weighted by Crippen LogP contribution is -2.61. The standard InChI is InChI=1S/C20H21ClN2O4S/c1-27-19-8-7-15(9-16(19)21)23-18-13-28(25,26)12-17(18)22(11-20(23)24)10-14-5-3-2-4-6-14/h2-9,17-18H,10-13H2,1H3/t17-,18+/m0/s1. The molecule has 6 nitrogen and oxygen atoms in total. The normalized spacial score (nSPS) is 24.2. The van der Waals surface area contributed by atoms with E-state index in [2.05, 4.69) is 0 Å². The summed E-state index contributed by atoms with van der Waals surface area (Å²) in [5.41, 5.74) is 1.65. The molecule has 0 saturated carbocycles. The first-order chi connectivity index (χ1) is 13.4. The predicted octanol–water partition coefficient (Wildman–Crippen LogP) is 2.36. The number of hydrogen-bond acceptors (Lipinski definition) is 5. The number of hydrogen-bond donors (Lipinski definition) is 0. The van der Waals surface area contributed by atoms with Crippen molar-refractivity contribution in [2.24, 2.45) is 0 Å². The van der Waals surface area contributed by atoms with Crippen molar-refractivity contribution >= 4 is 33.0 Å². The first kappa shape index (κ1) is 19.2. The molecule has 2 aromatic rings. The molecular weight excluding hydrogens is 400 g/mol. The van der Waals surface area contributed by atoms with Gasteiger partial charge < -0.3 is 9.64 Å². The van der Waals surface area contributed by atoms with Gasteiger partial charge in [0.15, 0.2) is 9.84 Å². The summed E-state index contributed by atoms with van der Waals surface area (Å²) < 4.78 is 30.0. The number of nitrogens with zero attached hydrogens (tertiary/aromatic N) is 2. The van der Waals surface area contributed by atoms with Gasteiger partial charge in [0.25, 0.3) is 0 Å². The summed E-state index contributed by atoms with van der Waals surface area (Å²) in [6.45, 7) is 0.704. The van der Waals surface area contributed by atoms with Gasteiger partial charge in [0.1, 0.15) is 5.75 Å². The Kier molecular flexibility index (Phi) is 5.07. The van der Waals surface area contributed by atoms with Crippen LogP contribution in [0.15, 0.2) is 48.5 Å². The second-order valence-corrected chi connectivity index (χ2v) is 9.75. The summed E-state index contributed by atoms with van der Waals surface area (Å²) in [7, 11) is -1.71. The Labute approximate surface area is 169 Å². The molecule has 0 aliphatic carbocycles. The van der Waals surface area contributed by atoms with Crippen molar-refractivity contribution in [1.82, 2.24) is 4.90 Å². The minimum Gasteiger partial charge on any atom is -0.495 e. The number of rotatable bonds is 4. The monoisotopic (exact) mass is 420 g/mol. The maximum Gasteiger partial charge on any atom is 0.241 e. The first-order valence-electron chi connectivity index (χ1n) is 9.02. The SMILES string of the molecule is COc1ccc(N2C(=O)CN(Cc3ccccc3)[C@H]3CS(=O)(=O)C[C@H]32)cc1Cl. The molecule has 0 radical (unpaired) electrons. The molecule has 2 saturated heterocycles. The van der Waals surface area contributed by atoms with Crippen LogP contribution in [0.3, 0.4) is 0 Å². The zero-order valence-corrected chi connectivity index (χ0v) is 17.0. The van der Waals surface area contributed by atoms with Gasteiger partial charge in [-0.2, -0.15) is 0 Å². The van der Waals surface area contributed by atoms with Gasteiger partial charge in [-0.1, -0.05) is 41.9 Å². The number of benzene rings is 2. The van der Waals surface area contributed by atoms with Crippen LogP contribution >= 0.6 is 11.6 Å². The molecule has 2 atom stereocenters. The molecule has 0 aromatic heterocycles. The minimum absolute atomic E-state index is 0.0433. The number of carbonyl (C=O) groups is 1. The van der Waals surface area contributed by atoms with Gasteiger partial charge in [-0.05, 0) is 23.8 Å². The molecule has 2 aliphatic heterocycles. The fourth-order valence-corrected chi connectivity index (χ4v) is 6.32. The molecule has 148 valence electrons. The van der Waals surface area contributed by atoms with E-state index < -0.39 is 15.9 Å². The highest BCUT2D eigenvalue weighted by Crippen LogP contribution is 2.35. The van der Waals surface area contributed by atoms with Crippen LogP contribution in [0.25, 0.3) is 0 Å². The van der Waals surface area contributed by atoms with Crippen LogP contribution in [0.1, 0.15) is 5.56 Å². The van der Waals surface area contributed by atoms with Crippen molar-refractivity contribution in [3.05, 3.63) is 59.1 Å². The lowest BCUT2D eigenvalue weighted by atomic mass is 10.0. The first-order valence-corrected chi connectivity index (χ1v) is 11.2. The topological polar surface area (TPSA) is 66.9 Å². The maximum absolute atomic E-state index is 13.0. The van der Waals surface area contributed by atoms with E-state index in [0.29, 0.717) is 23.0 Å². The van der Waals surface area contributed by atoms with E-state index in [9.17, 15) is 13.2 Å². The lowest BCUT2D eigenvalue weighted by Gasteiger charge is -2.43. The Morgan fingerprint density at radius 3 is 2.50 bits per heavy atom. The second kappa shape index (κ2) is 7.39. The van der Waals surface area contributed by atoms with Crippen molar-refractivity contribution < 1.29 is 17.9 Å². The van der Waals surface area contributed by atoms with Crippen molar-refractivity contribution in [3.63, 3.8) is 0 Å². The van der Waals surface area contributed by atoms with Crippen LogP contribution in [0, 0.1) is 0 Å². The number of carbonyl (C=O) groups excluding carboxylic acids is 1. The van der Waals surface area contributed by atoms with E-state index in [1.54, 1.807) is 23.1 Å². The number of piperazine rings is 1. The Morgan fingerprint density at radius 2 is 1.82 bits per heavy atom. The van der Waals surface area contributed by atoms with E-state index in [-0.39, 0.29) is 30.0 Å². The molecule has 8 heteroatoms. The summed E-state index contributed by atoms with van der Waals surface area (Å²) in [5, 5.41) is 0.386. The molecule has 0 spiro atoms. The summed E-state index contributed by atoms with van der Waals surface area (Å²) in [6.07, 6.45) is 0. The average molecular weight is 421 g/mol. The highest BCUT2D eigenvalue weighted by Gasteiger charge is 2.49. The fourth-order valence-electron chi connectivity index (χ4n) is 4.09. The van der Waals surface area contributed by atoms with Crippen LogP contribution in [-0.2, 0) is 21.2 Å². The second-order valence-electron chi connectivity index (χ2n) is 7.18. The Hall–Kier alpha value is -2.09. The average Bonchev–Trinajstić information content (AvgIpc) is 2.98. The number of sulfone groups is 1. The molecular formula is C20H21ClN2O4S. The Balaban J connectivity index is 1.67. The molecule has 2 heterocycles. The van der Waals surface area contributed by atoms with Crippen LogP contribution in [0.5, 0.6) is 5.75 Å². The molecule has 0 unspecified atom stereocenters. The highest BCUT2D eigenvalue weighted by molar-refractivity contribution is 7.91. The van der Waals surface area contributed by atoms with Gasteiger partial charge in [0.05, 0.1) is 36.2 Å². The zero-order chi connectivity index (χ0) is 19.9. The van der Waals surface area contributed by atoms with Gasteiger partial charge >= 0.3 is 0 Å². The molecule has 0 bridgehead atoms.